The molecule has 2 aliphatic rings. The summed E-state index contributed by atoms with van der Waals surface area (Å²) >= 11 is 0. The van der Waals surface area contributed by atoms with Crippen LogP contribution in [0.5, 0.6) is 0 Å². The van der Waals surface area contributed by atoms with Gasteiger partial charge < -0.3 is 10.6 Å². The molecule has 1 saturated carbocycles. The quantitative estimate of drug-likeness (QED) is 0.855. The Balaban J connectivity index is 0.00000161. The predicted octanol–water partition coefficient (Wildman–Crippen LogP) is 1.38. The standard InChI is InChI=1S/C14H18N2O3S.ClH/c17-14(9-15-8-10-1-2-10)16-12-4-3-11-5-6-20(18,19)13(11)7-12;/h3-4,7,10,15H,1-2,5-6,8-9H2,(H,16,17);1H. The van der Waals surface area contributed by atoms with E-state index in [1.807, 2.05) is 0 Å². The Labute approximate surface area is 130 Å². The van der Waals surface area contributed by atoms with Crippen LogP contribution in [0.1, 0.15) is 18.4 Å². The molecule has 116 valence electrons. The third kappa shape index (κ3) is 3.96. The van der Waals surface area contributed by atoms with Crippen LogP contribution in [0, 0.1) is 5.92 Å². The van der Waals surface area contributed by atoms with Gasteiger partial charge >= 0.3 is 0 Å². The summed E-state index contributed by atoms with van der Waals surface area (Å²) in [6.45, 7) is 1.15. The Morgan fingerprint density at radius 1 is 1.29 bits per heavy atom. The van der Waals surface area contributed by atoms with E-state index < -0.39 is 9.84 Å². The van der Waals surface area contributed by atoms with Crippen molar-refractivity contribution in [3.63, 3.8) is 0 Å². The summed E-state index contributed by atoms with van der Waals surface area (Å²) in [6, 6.07) is 5.11. The first-order valence-electron chi connectivity index (χ1n) is 6.91. The first-order valence-corrected chi connectivity index (χ1v) is 8.56. The normalized spacial score (nSPS) is 18.7. The van der Waals surface area contributed by atoms with Gasteiger partial charge in [0.1, 0.15) is 0 Å². The summed E-state index contributed by atoms with van der Waals surface area (Å²) in [4.78, 5) is 12.1. The van der Waals surface area contributed by atoms with Crippen LogP contribution in [0.3, 0.4) is 0 Å². The third-order valence-corrected chi connectivity index (χ3v) is 5.53. The molecule has 0 bridgehead atoms. The first-order chi connectivity index (χ1) is 9.54. The zero-order chi connectivity index (χ0) is 14.2. The number of amides is 1. The van der Waals surface area contributed by atoms with Crippen LogP contribution < -0.4 is 10.6 Å². The molecule has 1 aliphatic heterocycles. The summed E-state index contributed by atoms with van der Waals surface area (Å²) in [5.41, 5.74) is 1.39. The fourth-order valence-corrected chi connectivity index (χ4v) is 3.98. The number of hydrogen-bond acceptors (Lipinski definition) is 4. The lowest BCUT2D eigenvalue weighted by Gasteiger charge is -2.08. The van der Waals surface area contributed by atoms with Gasteiger partial charge in [-0.1, -0.05) is 6.07 Å². The zero-order valence-electron chi connectivity index (χ0n) is 11.6. The van der Waals surface area contributed by atoms with Crippen LogP contribution in [-0.2, 0) is 21.1 Å². The first kappa shape index (κ1) is 16.3. The van der Waals surface area contributed by atoms with Gasteiger partial charge in [-0.05, 0) is 49.4 Å². The molecule has 1 heterocycles. The van der Waals surface area contributed by atoms with Gasteiger partial charge in [-0.15, -0.1) is 12.4 Å². The maximum Gasteiger partial charge on any atom is 0.238 e. The van der Waals surface area contributed by atoms with Gasteiger partial charge in [0.25, 0.3) is 0 Å². The number of fused-ring (bicyclic) bond motifs is 1. The number of sulfone groups is 1. The topological polar surface area (TPSA) is 75.3 Å². The van der Waals surface area contributed by atoms with Gasteiger partial charge in [0.2, 0.25) is 5.91 Å². The maximum atomic E-state index is 11.8. The highest BCUT2D eigenvalue weighted by Gasteiger charge is 2.26. The lowest BCUT2D eigenvalue weighted by atomic mass is 10.1. The predicted molar refractivity (Wildman–Crippen MR) is 83.7 cm³/mol. The summed E-state index contributed by atoms with van der Waals surface area (Å²) in [5, 5.41) is 5.84. The van der Waals surface area contributed by atoms with E-state index in [9.17, 15) is 13.2 Å². The molecular weight excluding hydrogens is 312 g/mol. The van der Waals surface area contributed by atoms with Gasteiger partial charge in [0.05, 0.1) is 17.2 Å². The summed E-state index contributed by atoms with van der Waals surface area (Å²) in [6.07, 6.45) is 3.06. The van der Waals surface area contributed by atoms with Crippen molar-refractivity contribution >= 4 is 33.8 Å². The molecule has 1 fully saturated rings. The minimum atomic E-state index is -3.15. The van der Waals surface area contributed by atoms with E-state index >= 15 is 0 Å². The molecule has 1 aliphatic carbocycles. The van der Waals surface area contributed by atoms with Crippen LogP contribution in [0.2, 0.25) is 0 Å². The minimum absolute atomic E-state index is 0. The Morgan fingerprint density at radius 2 is 2.05 bits per heavy atom. The molecule has 21 heavy (non-hydrogen) atoms. The number of benzene rings is 1. The summed E-state index contributed by atoms with van der Waals surface area (Å²) < 4.78 is 23.6. The lowest BCUT2D eigenvalue weighted by Crippen LogP contribution is -2.29. The molecule has 1 aromatic carbocycles. The maximum absolute atomic E-state index is 11.8. The summed E-state index contributed by atoms with van der Waals surface area (Å²) in [5.74, 6) is 0.761. The summed E-state index contributed by atoms with van der Waals surface area (Å²) in [7, 11) is -3.15. The molecule has 1 aromatic rings. The molecule has 0 unspecified atom stereocenters. The zero-order valence-corrected chi connectivity index (χ0v) is 13.2. The highest BCUT2D eigenvalue weighted by Crippen LogP contribution is 2.28. The van der Waals surface area contributed by atoms with E-state index in [1.165, 1.54) is 12.8 Å². The Kier molecular flexibility index (Phi) is 4.91. The largest absolute Gasteiger partial charge is 0.325 e. The van der Waals surface area contributed by atoms with Crippen molar-refractivity contribution in [2.45, 2.75) is 24.2 Å². The van der Waals surface area contributed by atoms with Gasteiger partial charge in [-0.3, -0.25) is 4.79 Å². The fourth-order valence-electron chi connectivity index (χ4n) is 2.40. The van der Waals surface area contributed by atoms with Gasteiger partial charge in [-0.2, -0.15) is 0 Å². The second kappa shape index (κ2) is 6.34. The second-order valence-electron chi connectivity index (χ2n) is 5.51. The van der Waals surface area contributed by atoms with Gasteiger partial charge in [-0.25, -0.2) is 8.42 Å². The van der Waals surface area contributed by atoms with Crippen LogP contribution in [0.4, 0.5) is 5.69 Å². The van der Waals surface area contributed by atoms with Crippen LogP contribution in [0.25, 0.3) is 0 Å². The van der Waals surface area contributed by atoms with Crippen molar-refractivity contribution in [1.29, 1.82) is 0 Å². The van der Waals surface area contributed by atoms with E-state index in [-0.39, 0.29) is 30.6 Å². The van der Waals surface area contributed by atoms with E-state index in [4.69, 9.17) is 0 Å². The van der Waals surface area contributed by atoms with Crippen LogP contribution in [-0.4, -0.2) is 33.2 Å². The number of nitrogens with one attached hydrogen (secondary N) is 2. The fraction of sp³-hybridized carbons (Fsp3) is 0.500. The number of anilines is 1. The van der Waals surface area contributed by atoms with Crippen LogP contribution in [0.15, 0.2) is 23.1 Å². The molecule has 1 amide bonds. The van der Waals surface area contributed by atoms with Crippen molar-refractivity contribution in [3.05, 3.63) is 23.8 Å². The monoisotopic (exact) mass is 330 g/mol. The van der Waals surface area contributed by atoms with Crippen molar-refractivity contribution < 1.29 is 13.2 Å². The van der Waals surface area contributed by atoms with Gasteiger partial charge in [0.15, 0.2) is 9.84 Å². The number of aryl methyl sites for hydroxylation is 1. The van der Waals surface area contributed by atoms with Crippen LogP contribution >= 0.6 is 12.4 Å². The smallest absolute Gasteiger partial charge is 0.238 e. The molecular formula is C14H19ClN2O3S. The molecule has 0 spiro atoms. The van der Waals surface area contributed by atoms with Crippen molar-refractivity contribution in [3.8, 4) is 0 Å². The lowest BCUT2D eigenvalue weighted by molar-refractivity contribution is -0.115. The van der Waals surface area contributed by atoms with Gasteiger partial charge in [0, 0.05) is 5.69 Å². The molecule has 0 saturated heterocycles. The Bertz CT molecular complexity index is 642. The average molecular weight is 331 g/mol. The molecule has 2 N–H and O–H groups in total. The molecule has 7 heteroatoms. The van der Waals surface area contributed by atoms with Crippen molar-refractivity contribution in [1.82, 2.24) is 5.32 Å². The third-order valence-electron chi connectivity index (χ3n) is 3.74. The molecule has 0 atom stereocenters. The second-order valence-corrected chi connectivity index (χ2v) is 7.59. The number of hydrogen-bond donors (Lipinski definition) is 2. The Hall–Kier alpha value is -1.11. The molecule has 3 rings (SSSR count). The average Bonchev–Trinajstić information content (AvgIpc) is 3.16. The van der Waals surface area contributed by atoms with Crippen molar-refractivity contribution in [2.24, 2.45) is 5.92 Å². The number of carbonyl (C=O) groups excluding carboxylic acids is 1. The molecule has 0 radical (unpaired) electrons. The minimum Gasteiger partial charge on any atom is -0.325 e. The number of halogens is 1. The number of rotatable bonds is 5. The van der Waals surface area contributed by atoms with E-state index in [1.54, 1.807) is 18.2 Å². The molecule has 0 aromatic heterocycles. The van der Waals surface area contributed by atoms with E-state index in [0.29, 0.717) is 17.0 Å². The highest BCUT2D eigenvalue weighted by atomic mass is 35.5. The SMILES string of the molecule is Cl.O=C(CNCC1CC1)Nc1ccc2c(c1)S(=O)(=O)CC2. The van der Waals surface area contributed by atoms with E-state index in [2.05, 4.69) is 10.6 Å². The van der Waals surface area contributed by atoms with Crippen molar-refractivity contribution in [2.75, 3.05) is 24.2 Å². The Morgan fingerprint density at radius 3 is 2.76 bits per heavy atom. The highest BCUT2D eigenvalue weighted by molar-refractivity contribution is 7.91. The van der Waals surface area contributed by atoms with E-state index in [0.717, 1.165) is 18.0 Å². The number of carbonyl (C=O) groups is 1. The molecule has 5 nitrogen and oxygen atoms in total.